The number of carbonyl (C=O) groups is 2. The maximum Gasteiger partial charge on any atom is 0.242 e. The standard InChI is InChI=1S/C25H34N2O4S/c1-6-18(4)27(25(29)17(2)3)15-24(28)26-12-10-23-21(11-13-32-23)22(26)16-31-20-9-7-8-19(14-20)30-5/h7-9,11,13-14,17-18,22H,6,10,12,15-16H2,1-5H3/t18-,22+/m0/s1. The lowest BCUT2D eigenvalue weighted by Crippen LogP contribution is -2.50. The fourth-order valence-electron chi connectivity index (χ4n) is 3.98. The molecule has 174 valence electrons. The highest BCUT2D eigenvalue weighted by Gasteiger charge is 2.34. The molecule has 0 fully saturated rings. The summed E-state index contributed by atoms with van der Waals surface area (Å²) in [6.45, 7) is 8.88. The van der Waals surface area contributed by atoms with Crippen molar-refractivity contribution in [3.8, 4) is 11.5 Å². The quantitative estimate of drug-likeness (QED) is 0.553. The molecule has 3 rings (SSSR count). The first-order valence-electron chi connectivity index (χ1n) is 11.3. The molecule has 1 aliphatic heterocycles. The Hall–Kier alpha value is -2.54. The number of nitrogens with zero attached hydrogens (tertiary/aromatic N) is 2. The second-order valence-electron chi connectivity index (χ2n) is 8.52. The van der Waals surface area contributed by atoms with Gasteiger partial charge in [0.2, 0.25) is 11.8 Å². The molecule has 1 aromatic carbocycles. The third-order valence-corrected chi connectivity index (χ3v) is 7.07. The van der Waals surface area contributed by atoms with Crippen LogP contribution in [0.2, 0.25) is 0 Å². The lowest BCUT2D eigenvalue weighted by molar-refractivity contribution is -0.146. The number of ether oxygens (including phenoxy) is 2. The molecular weight excluding hydrogens is 424 g/mol. The fraction of sp³-hybridized carbons (Fsp3) is 0.520. The second-order valence-corrected chi connectivity index (χ2v) is 9.52. The van der Waals surface area contributed by atoms with Gasteiger partial charge >= 0.3 is 0 Å². The summed E-state index contributed by atoms with van der Waals surface area (Å²) in [5.74, 6) is 1.27. The molecule has 7 heteroatoms. The van der Waals surface area contributed by atoms with E-state index >= 15 is 0 Å². The first-order valence-corrected chi connectivity index (χ1v) is 12.2. The molecule has 2 amide bonds. The predicted octanol–water partition coefficient (Wildman–Crippen LogP) is 4.54. The lowest BCUT2D eigenvalue weighted by Gasteiger charge is -2.38. The Morgan fingerprint density at radius 3 is 2.66 bits per heavy atom. The van der Waals surface area contributed by atoms with E-state index in [2.05, 4.69) is 11.4 Å². The van der Waals surface area contributed by atoms with Crippen molar-refractivity contribution in [1.82, 2.24) is 9.80 Å². The van der Waals surface area contributed by atoms with Gasteiger partial charge in [0.15, 0.2) is 0 Å². The number of hydrogen-bond acceptors (Lipinski definition) is 5. The number of methoxy groups -OCH3 is 1. The number of carbonyl (C=O) groups excluding carboxylic acids is 2. The summed E-state index contributed by atoms with van der Waals surface area (Å²) in [4.78, 5) is 31.2. The van der Waals surface area contributed by atoms with Gasteiger partial charge < -0.3 is 19.3 Å². The molecule has 2 aromatic rings. The molecule has 6 nitrogen and oxygen atoms in total. The van der Waals surface area contributed by atoms with Gasteiger partial charge in [0.25, 0.3) is 0 Å². The molecule has 0 aliphatic carbocycles. The summed E-state index contributed by atoms with van der Waals surface area (Å²) in [5, 5.41) is 2.07. The van der Waals surface area contributed by atoms with Gasteiger partial charge in [0.1, 0.15) is 24.7 Å². The van der Waals surface area contributed by atoms with Gasteiger partial charge in [-0.05, 0) is 48.9 Å². The molecule has 0 radical (unpaired) electrons. The van der Waals surface area contributed by atoms with Crippen molar-refractivity contribution < 1.29 is 19.1 Å². The molecule has 0 bridgehead atoms. The average Bonchev–Trinajstić information content (AvgIpc) is 3.29. The second kappa shape index (κ2) is 10.9. The van der Waals surface area contributed by atoms with Crippen LogP contribution in [-0.4, -0.2) is 54.5 Å². The summed E-state index contributed by atoms with van der Waals surface area (Å²) >= 11 is 1.72. The molecule has 2 atom stereocenters. The van der Waals surface area contributed by atoms with E-state index in [1.807, 2.05) is 56.9 Å². The predicted molar refractivity (Wildman–Crippen MR) is 127 cm³/mol. The minimum absolute atomic E-state index is 0.0156. The third-order valence-electron chi connectivity index (χ3n) is 6.07. The maximum atomic E-state index is 13.5. The number of benzene rings is 1. The zero-order valence-corrected chi connectivity index (χ0v) is 20.5. The van der Waals surface area contributed by atoms with E-state index < -0.39 is 0 Å². The molecule has 2 heterocycles. The fourth-order valence-corrected chi connectivity index (χ4v) is 4.91. The molecular formula is C25H34N2O4S. The van der Waals surface area contributed by atoms with Crippen LogP contribution in [-0.2, 0) is 16.0 Å². The number of amides is 2. The van der Waals surface area contributed by atoms with Crippen molar-refractivity contribution in [3.05, 3.63) is 46.2 Å². The molecule has 0 N–H and O–H groups in total. The van der Waals surface area contributed by atoms with E-state index in [-0.39, 0.29) is 36.4 Å². The SMILES string of the molecule is CC[C@H](C)N(CC(=O)N1CCc2sccc2[C@H]1COc1cccc(OC)c1)C(=O)C(C)C. The van der Waals surface area contributed by atoms with Gasteiger partial charge in [-0.1, -0.05) is 26.8 Å². The van der Waals surface area contributed by atoms with Crippen LogP contribution in [0.3, 0.4) is 0 Å². The molecule has 1 aromatic heterocycles. The Labute approximate surface area is 195 Å². The number of hydrogen-bond donors (Lipinski definition) is 0. The minimum atomic E-state index is -0.184. The molecule has 0 spiro atoms. The van der Waals surface area contributed by atoms with Gasteiger partial charge in [-0.25, -0.2) is 0 Å². The topological polar surface area (TPSA) is 59.1 Å². The van der Waals surface area contributed by atoms with Crippen LogP contribution in [0.4, 0.5) is 0 Å². The van der Waals surface area contributed by atoms with Gasteiger partial charge in [-0.3, -0.25) is 9.59 Å². The van der Waals surface area contributed by atoms with E-state index in [4.69, 9.17) is 9.47 Å². The highest BCUT2D eigenvalue weighted by molar-refractivity contribution is 7.10. The number of thiophene rings is 1. The van der Waals surface area contributed by atoms with Crippen LogP contribution in [0, 0.1) is 5.92 Å². The first-order chi connectivity index (χ1) is 15.3. The van der Waals surface area contributed by atoms with E-state index in [1.165, 1.54) is 4.88 Å². The summed E-state index contributed by atoms with van der Waals surface area (Å²) in [5.41, 5.74) is 1.14. The molecule has 0 unspecified atom stereocenters. The van der Waals surface area contributed by atoms with Gasteiger partial charge in [0, 0.05) is 29.4 Å². The van der Waals surface area contributed by atoms with Crippen molar-refractivity contribution >= 4 is 23.2 Å². The van der Waals surface area contributed by atoms with E-state index in [0.29, 0.717) is 18.9 Å². The van der Waals surface area contributed by atoms with Gasteiger partial charge in [-0.2, -0.15) is 0 Å². The van der Waals surface area contributed by atoms with E-state index in [0.717, 1.165) is 24.2 Å². The third kappa shape index (κ3) is 5.44. The summed E-state index contributed by atoms with van der Waals surface area (Å²) in [6, 6.07) is 9.40. The van der Waals surface area contributed by atoms with Crippen molar-refractivity contribution in [2.24, 2.45) is 5.92 Å². The Balaban J connectivity index is 1.79. The zero-order chi connectivity index (χ0) is 23.3. The van der Waals surface area contributed by atoms with Crippen LogP contribution >= 0.6 is 11.3 Å². The number of fused-ring (bicyclic) bond motifs is 1. The van der Waals surface area contributed by atoms with Crippen molar-refractivity contribution in [1.29, 1.82) is 0 Å². The zero-order valence-electron chi connectivity index (χ0n) is 19.7. The molecule has 32 heavy (non-hydrogen) atoms. The van der Waals surface area contributed by atoms with Gasteiger partial charge in [0.05, 0.1) is 13.2 Å². The smallest absolute Gasteiger partial charge is 0.242 e. The summed E-state index contributed by atoms with van der Waals surface area (Å²) < 4.78 is 11.4. The summed E-state index contributed by atoms with van der Waals surface area (Å²) in [7, 11) is 1.62. The van der Waals surface area contributed by atoms with Crippen LogP contribution in [0.25, 0.3) is 0 Å². The van der Waals surface area contributed by atoms with Crippen LogP contribution in [0.1, 0.15) is 50.6 Å². The maximum absolute atomic E-state index is 13.5. The minimum Gasteiger partial charge on any atom is -0.497 e. The molecule has 1 aliphatic rings. The Morgan fingerprint density at radius 1 is 1.22 bits per heavy atom. The highest BCUT2D eigenvalue weighted by Crippen LogP contribution is 2.34. The molecule has 0 saturated carbocycles. The van der Waals surface area contributed by atoms with Crippen molar-refractivity contribution in [2.45, 2.75) is 52.6 Å². The van der Waals surface area contributed by atoms with Crippen LogP contribution < -0.4 is 9.47 Å². The average molecular weight is 459 g/mol. The highest BCUT2D eigenvalue weighted by atomic mass is 32.1. The van der Waals surface area contributed by atoms with E-state index in [1.54, 1.807) is 23.3 Å². The Morgan fingerprint density at radius 2 is 1.97 bits per heavy atom. The van der Waals surface area contributed by atoms with Crippen LogP contribution in [0.15, 0.2) is 35.7 Å². The van der Waals surface area contributed by atoms with Crippen molar-refractivity contribution in [2.75, 3.05) is 26.8 Å². The largest absolute Gasteiger partial charge is 0.497 e. The summed E-state index contributed by atoms with van der Waals surface area (Å²) in [6.07, 6.45) is 1.64. The van der Waals surface area contributed by atoms with E-state index in [9.17, 15) is 9.59 Å². The molecule has 0 saturated heterocycles. The van der Waals surface area contributed by atoms with Crippen molar-refractivity contribution in [3.63, 3.8) is 0 Å². The Kier molecular flexibility index (Phi) is 8.18. The Bertz CT molecular complexity index is 926. The monoisotopic (exact) mass is 458 g/mol. The normalized spacial score (nSPS) is 16.4. The van der Waals surface area contributed by atoms with Gasteiger partial charge in [-0.15, -0.1) is 11.3 Å². The number of rotatable bonds is 9. The van der Waals surface area contributed by atoms with Crippen LogP contribution in [0.5, 0.6) is 11.5 Å². The lowest BCUT2D eigenvalue weighted by atomic mass is 10.00. The first kappa shape index (κ1) is 24.1.